The zero-order chi connectivity index (χ0) is 11.8. The Labute approximate surface area is 104 Å². The van der Waals surface area contributed by atoms with Gasteiger partial charge in [-0.25, -0.2) is 4.79 Å². The summed E-state index contributed by atoms with van der Waals surface area (Å²) in [5.74, 6) is -0.821. The van der Waals surface area contributed by atoms with E-state index in [2.05, 4.69) is 9.80 Å². The number of aromatic carboxylic acids is 1. The Morgan fingerprint density at radius 3 is 2.53 bits per heavy atom. The lowest BCUT2D eigenvalue weighted by Gasteiger charge is -2.35. The molecule has 1 saturated heterocycles. The van der Waals surface area contributed by atoms with E-state index in [-0.39, 0.29) is 0 Å². The minimum atomic E-state index is -0.821. The van der Waals surface area contributed by atoms with Gasteiger partial charge in [-0.3, -0.25) is 4.90 Å². The van der Waals surface area contributed by atoms with Crippen LogP contribution in [0.1, 0.15) is 22.5 Å². The lowest BCUT2D eigenvalue weighted by Crippen LogP contribution is -2.47. The van der Waals surface area contributed by atoms with Crippen LogP contribution < -0.4 is 4.90 Å². The second-order valence-corrected chi connectivity index (χ2v) is 5.64. The molecule has 2 heterocycles. The summed E-state index contributed by atoms with van der Waals surface area (Å²) in [6.45, 7) is 4.27. The van der Waals surface area contributed by atoms with Gasteiger partial charge in [-0.05, 0) is 18.9 Å². The van der Waals surface area contributed by atoms with Gasteiger partial charge in [0.2, 0.25) is 0 Å². The molecule has 1 N–H and O–H groups in total. The normalized spacial score (nSPS) is 21.8. The molecule has 4 nitrogen and oxygen atoms in total. The molecule has 1 aromatic heterocycles. The van der Waals surface area contributed by atoms with E-state index in [1.54, 1.807) is 6.07 Å². The van der Waals surface area contributed by atoms with Crippen LogP contribution in [0.15, 0.2) is 11.4 Å². The van der Waals surface area contributed by atoms with E-state index in [9.17, 15) is 4.79 Å². The van der Waals surface area contributed by atoms with Crippen molar-refractivity contribution in [3.63, 3.8) is 0 Å². The summed E-state index contributed by atoms with van der Waals surface area (Å²) < 4.78 is 0. The molecule has 0 radical (unpaired) electrons. The van der Waals surface area contributed by atoms with Crippen LogP contribution in [0.3, 0.4) is 0 Å². The zero-order valence-corrected chi connectivity index (χ0v) is 10.4. The maximum atomic E-state index is 10.8. The van der Waals surface area contributed by atoms with E-state index in [1.165, 1.54) is 24.2 Å². The maximum Gasteiger partial charge on any atom is 0.345 e. The second kappa shape index (κ2) is 4.31. The summed E-state index contributed by atoms with van der Waals surface area (Å²) in [4.78, 5) is 16.1. The van der Waals surface area contributed by atoms with E-state index < -0.39 is 5.97 Å². The van der Waals surface area contributed by atoms with Gasteiger partial charge >= 0.3 is 5.97 Å². The van der Waals surface area contributed by atoms with Crippen LogP contribution in [0.5, 0.6) is 0 Å². The fraction of sp³-hybridized carbons (Fsp3) is 0.583. The Kier molecular flexibility index (Phi) is 2.80. The monoisotopic (exact) mass is 252 g/mol. The number of thiophene rings is 1. The molecule has 1 aliphatic carbocycles. The van der Waals surface area contributed by atoms with Crippen LogP contribution >= 0.6 is 11.3 Å². The van der Waals surface area contributed by atoms with Crippen molar-refractivity contribution >= 4 is 23.0 Å². The standard InChI is InChI=1S/C12H16N2O2S/c15-12(16)11-7-10(8-17-11)14-5-3-13(4-6-14)9-1-2-9/h7-9H,1-6H2,(H,15,16). The number of hydrogen-bond donors (Lipinski definition) is 1. The van der Waals surface area contributed by atoms with Crippen molar-refractivity contribution in [3.8, 4) is 0 Å². The molecule has 1 aromatic rings. The molecule has 1 aliphatic heterocycles. The second-order valence-electron chi connectivity index (χ2n) is 4.73. The topological polar surface area (TPSA) is 43.8 Å². The summed E-state index contributed by atoms with van der Waals surface area (Å²) in [6, 6.07) is 2.63. The van der Waals surface area contributed by atoms with Crippen molar-refractivity contribution in [2.75, 3.05) is 31.1 Å². The molecule has 0 bridgehead atoms. The molecular formula is C12H16N2O2S. The molecule has 0 atom stereocenters. The van der Waals surface area contributed by atoms with Gasteiger partial charge in [0.05, 0.1) is 0 Å². The Bertz CT molecular complexity index is 420. The Morgan fingerprint density at radius 1 is 1.29 bits per heavy atom. The lowest BCUT2D eigenvalue weighted by atomic mass is 10.3. The van der Waals surface area contributed by atoms with Crippen molar-refractivity contribution < 1.29 is 9.90 Å². The summed E-state index contributed by atoms with van der Waals surface area (Å²) in [7, 11) is 0. The summed E-state index contributed by atoms with van der Waals surface area (Å²) in [6.07, 6.45) is 2.73. The summed E-state index contributed by atoms with van der Waals surface area (Å²) in [5, 5.41) is 10.9. The maximum absolute atomic E-state index is 10.8. The van der Waals surface area contributed by atoms with Gasteiger partial charge < -0.3 is 10.0 Å². The third-order valence-corrected chi connectivity index (χ3v) is 4.44. The number of hydrogen-bond acceptors (Lipinski definition) is 4. The zero-order valence-electron chi connectivity index (χ0n) is 9.63. The first-order valence-corrected chi connectivity index (χ1v) is 6.93. The number of rotatable bonds is 3. The molecular weight excluding hydrogens is 236 g/mol. The highest BCUT2D eigenvalue weighted by molar-refractivity contribution is 7.12. The van der Waals surface area contributed by atoms with Gasteiger partial charge in [0.25, 0.3) is 0 Å². The van der Waals surface area contributed by atoms with Gasteiger partial charge in [0.1, 0.15) is 4.88 Å². The predicted octanol–water partition coefficient (Wildman–Crippen LogP) is 1.73. The quantitative estimate of drug-likeness (QED) is 0.889. The number of anilines is 1. The number of nitrogens with zero attached hydrogens (tertiary/aromatic N) is 2. The largest absolute Gasteiger partial charge is 0.477 e. The van der Waals surface area contributed by atoms with Crippen LogP contribution in [0, 0.1) is 0 Å². The first kappa shape index (κ1) is 11.0. The molecule has 5 heteroatoms. The highest BCUT2D eigenvalue weighted by atomic mass is 32.1. The molecule has 1 saturated carbocycles. The number of carboxylic acid groups (broad SMARTS) is 1. The van der Waals surface area contributed by atoms with Crippen molar-refractivity contribution in [2.45, 2.75) is 18.9 Å². The first-order valence-electron chi connectivity index (χ1n) is 6.05. The van der Waals surface area contributed by atoms with Gasteiger partial charge in [-0.2, -0.15) is 0 Å². The summed E-state index contributed by atoms with van der Waals surface area (Å²) in [5.41, 5.74) is 1.07. The Balaban J connectivity index is 1.62. The minimum absolute atomic E-state index is 0.435. The van der Waals surface area contributed by atoms with Crippen LogP contribution in [0.2, 0.25) is 0 Å². The lowest BCUT2D eigenvalue weighted by molar-refractivity contribution is 0.0702. The number of carboxylic acids is 1. The van der Waals surface area contributed by atoms with Gasteiger partial charge in [0.15, 0.2) is 0 Å². The average Bonchev–Trinajstić information content (AvgIpc) is 3.06. The Hall–Kier alpha value is -1.07. The van der Waals surface area contributed by atoms with E-state index in [4.69, 9.17) is 5.11 Å². The van der Waals surface area contributed by atoms with Crippen molar-refractivity contribution in [1.82, 2.24) is 4.90 Å². The fourth-order valence-corrected chi connectivity index (χ4v) is 3.14. The molecule has 0 spiro atoms. The molecule has 17 heavy (non-hydrogen) atoms. The van der Waals surface area contributed by atoms with E-state index in [0.717, 1.165) is 37.9 Å². The fourth-order valence-electron chi connectivity index (χ4n) is 2.39. The molecule has 0 aromatic carbocycles. The van der Waals surface area contributed by atoms with Crippen molar-refractivity contribution in [2.24, 2.45) is 0 Å². The first-order chi connectivity index (χ1) is 8.24. The average molecular weight is 252 g/mol. The molecule has 0 amide bonds. The molecule has 3 rings (SSSR count). The molecule has 92 valence electrons. The number of piperazine rings is 1. The van der Waals surface area contributed by atoms with Gasteiger partial charge in [0, 0.05) is 43.3 Å². The highest BCUT2D eigenvalue weighted by Gasteiger charge is 2.31. The third-order valence-electron chi connectivity index (χ3n) is 3.54. The molecule has 0 unspecified atom stereocenters. The van der Waals surface area contributed by atoms with Crippen LogP contribution in [0.4, 0.5) is 5.69 Å². The van der Waals surface area contributed by atoms with Crippen LogP contribution in [0.25, 0.3) is 0 Å². The predicted molar refractivity (Wildman–Crippen MR) is 68.1 cm³/mol. The summed E-state index contributed by atoms with van der Waals surface area (Å²) >= 11 is 1.32. The van der Waals surface area contributed by atoms with Gasteiger partial charge in [-0.15, -0.1) is 11.3 Å². The van der Waals surface area contributed by atoms with Crippen LogP contribution in [-0.4, -0.2) is 48.2 Å². The number of carbonyl (C=O) groups is 1. The van der Waals surface area contributed by atoms with E-state index in [1.807, 2.05) is 5.38 Å². The van der Waals surface area contributed by atoms with E-state index in [0.29, 0.717) is 4.88 Å². The molecule has 2 aliphatic rings. The Morgan fingerprint density at radius 2 is 2.00 bits per heavy atom. The minimum Gasteiger partial charge on any atom is -0.477 e. The van der Waals surface area contributed by atoms with E-state index >= 15 is 0 Å². The SMILES string of the molecule is O=C(O)c1cc(N2CCN(C3CC3)CC2)cs1. The van der Waals surface area contributed by atoms with Gasteiger partial charge in [-0.1, -0.05) is 0 Å². The smallest absolute Gasteiger partial charge is 0.345 e. The van der Waals surface area contributed by atoms with Crippen molar-refractivity contribution in [3.05, 3.63) is 16.3 Å². The van der Waals surface area contributed by atoms with Crippen LogP contribution in [-0.2, 0) is 0 Å². The van der Waals surface area contributed by atoms with Crippen molar-refractivity contribution in [1.29, 1.82) is 0 Å². The highest BCUT2D eigenvalue weighted by Crippen LogP contribution is 2.29. The third kappa shape index (κ3) is 2.30. The molecule has 2 fully saturated rings.